The molecule has 4 heteroatoms. The highest BCUT2D eigenvalue weighted by Gasteiger charge is 2.27. The Labute approximate surface area is 141 Å². The van der Waals surface area contributed by atoms with E-state index < -0.39 is 17.9 Å². The normalized spacial score (nSPS) is 19.5. The Hall–Kier alpha value is -1.06. The zero-order valence-corrected chi connectivity index (χ0v) is 14.7. The summed E-state index contributed by atoms with van der Waals surface area (Å²) >= 11 is 0. The highest BCUT2D eigenvalue weighted by atomic mass is 16.5. The molecule has 23 heavy (non-hydrogen) atoms. The number of aliphatic carboxylic acids is 1. The van der Waals surface area contributed by atoms with Crippen LogP contribution in [0.5, 0.6) is 0 Å². The summed E-state index contributed by atoms with van der Waals surface area (Å²) in [6, 6.07) is 0. The average molecular weight is 326 g/mol. The number of carbonyl (C=O) groups is 2. The molecular weight excluding hydrogens is 292 g/mol. The number of rotatable bonds is 7. The first-order valence-electron chi connectivity index (χ1n) is 9.54. The van der Waals surface area contributed by atoms with E-state index in [2.05, 4.69) is 0 Å². The smallest absolute Gasteiger partial charge is 0.320 e. The molecule has 0 spiro atoms. The average Bonchev–Trinajstić information content (AvgIpc) is 2.57. The van der Waals surface area contributed by atoms with Crippen molar-refractivity contribution < 1.29 is 19.4 Å². The summed E-state index contributed by atoms with van der Waals surface area (Å²) in [6.07, 6.45) is 15.5. The van der Waals surface area contributed by atoms with Crippen molar-refractivity contribution >= 4 is 11.9 Å². The van der Waals surface area contributed by atoms with Gasteiger partial charge in [-0.25, -0.2) is 0 Å². The monoisotopic (exact) mass is 326 g/mol. The van der Waals surface area contributed by atoms with Crippen molar-refractivity contribution in [1.82, 2.24) is 0 Å². The summed E-state index contributed by atoms with van der Waals surface area (Å²) in [4.78, 5) is 22.9. The fraction of sp³-hybridized carbons (Fsp3) is 0.895. The minimum absolute atomic E-state index is 0.241. The molecule has 0 bridgehead atoms. The molecule has 1 rings (SSSR count). The van der Waals surface area contributed by atoms with Crippen molar-refractivity contribution in [2.24, 2.45) is 11.8 Å². The van der Waals surface area contributed by atoms with Gasteiger partial charge in [-0.1, -0.05) is 77.0 Å². The largest absolute Gasteiger partial charge is 0.481 e. The summed E-state index contributed by atoms with van der Waals surface area (Å²) in [7, 11) is 0. The molecule has 0 aliphatic heterocycles. The van der Waals surface area contributed by atoms with E-state index in [0.29, 0.717) is 12.3 Å². The van der Waals surface area contributed by atoms with Gasteiger partial charge in [0.1, 0.15) is 0 Å². The second kappa shape index (κ2) is 12.4. The Morgan fingerprint density at radius 2 is 1.52 bits per heavy atom. The molecule has 0 aromatic rings. The first kappa shape index (κ1) is 20.0. The molecule has 0 amide bonds. The second-order valence-electron chi connectivity index (χ2n) is 6.85. The highest BCUT2D eigenvalue weighted by Crippen LogP contribution is 2.26. The van der Waals surface area contributed by atoms with Gasteiger partial charge in [0, 0.05) is 0 Å². The maximum atomic E-state index is 11.7. The van der Waals surface area contributed by atoms with E-state index in [1.165, 1.54) is 64.2 Å². The summed E-state index contributed by atoms with van der Waals surface area (Å²) in [5, 5.41) is 9.19. The standard InChI is InChI=1S/C19H34O4/c1-2-23-19(22)17(18(20)21)15-11-14-16-12-9-7-5-3-4-6-8-10-13-16/h16-17H,2-15H2,1H3,(H,20,21). The molecule has 1 saturated carbocycles. The fourth-order valence-electron chi connectivity index (χ4n) is 3.56. The van der Waals surface area contributed by atoms with E-state index in [-0.39, 0.29) is 6.61 Å². The minimum atomic E-state index is -1.05. The van der Waals surface area contributed by atoms with Crippen molar-refractivity contribution in [1.29, 1.82) is 0 Å². The SMILES string of the molecule is CCOC(=O)C(CCCC1CCCCCCCCCC1)C(=O)O. The van der Waals surface area contributed by atoms with Crippen molar-refractivity contribution in [3.63, 3.8) is 0 Å². The van der Waals surface area contributed by atoms with Crippen LogP contribution in [0.4, 0.5) is 0 Å². The third kappa shape index (κ3) is 8.97. The van der Waals surface area contributed by atoms with Gasteiger partial charge in [-0.3, -0.25) is 9.59 Å². The molecule has 0 radical (unpaired) electrons. The van der Waals surface area contributed by atoms with Crippen LogP contribution in [0.25, 0.3) is 0 Å². The number of carbonyl (C=O) groups excluding carboxylic acids is 1. The summed E-state index contributed by atoms with van der Waals surface area (Å²) < 4.78 is 4.87. The maximum Gasteiger partial charge on any atom is 0.320 e. The molecule has 134 valence electrons. The zero-order chi connectivity index (χ0) is 16.9. The fourth-order valence-corrected chi connectivity index (χ4v) is 3.56. The van der Waals surface area contributed by atoms with Crippen LogP contribution in [0.2, 0.25) is 0 Å². The molecule has 0 saturated heterocycles. The van der Waals surface area contributed by atoms with Crippen molar-refractivity contribution in [2.75, 3.05) is 6.61 Å². The van der Waals surface area contributed by atoms with Gasteiger partial charge in [0.15, 0.2) is 5.92 Å². The summed E-state index contributed by atoms with van der Waals surface area (Å²) in [5.74, 6) is -1.92. The second-order valence-corrected chi connectivity index (χ2v) is 6.85. The lowest BCUT2D eigenvalue weighted by atomic mass is 9.89. The number of hydrogen-bond donors (Lipinski definition) is 1. The highest BCUT2D eigenvalue weighted by molar-refractivity contribution is 5.93. The van der Waals surface area contributed by atoms with Crippen molar-refractivity contribution in [3.05, 3.63) is 0 Å². The molecule has 4 nitrogen and oxygen atoms in total. The van der Waals surface area contributed by atoms with Crippen molar-refractivity contribution in [2.45, 2.75) is 90.4 Å². The van der Waals surface area contributed by atoms with Gasteiger partial charge < -0.3 is 9.84 Å². The molecule has 1 unspecified atom stereocenters. The first-order valence-corrected chi connectivity index (χ1v) is 9.54. The van der Waals surface area contributed by atoms with Gasteiger partial charge in [-0.15, -0.1) is 0 Å². The molecule has 1 N–H and O–H groups in total. The predicted octanol–water partition coefficient (Wildman–Crippen LogP) is 4.95. The molecule has 0 aromatic carbocycles. The number of esters is 1. The quantitative estimate of drug-likeness (QED) is 0.531. The third-order valence-corrected chi connectivity index (χ3v) is 4.95. The Bertz CT molecular complexity index is 328. The van der Waals surface area contributed by atoms with E-state index >= 15 is 0 Å². The molecule has 1 fully saturated rings. The van der Waals surface area contributed by atoms with Crippen LogP contribution in [-0.4, -0.2) is 23.7 Å². The van der Waals surface area contributed by atoms with Gasteiger partial charge in [0.25, 0.3) is 0 Å². The van der Waals surface area contributed by atoms with Crippen LogP contribution in [0.15, 0.2) is 0 Å². The van der Waals surface area contributed by atoms with E-state index in [4.69, 9.17) is 4.74 Å². The van der Waals surface area contributed by atoms with Crippen LogP contribution in [0, 0.1) is 11.8 Å². The molecule has 0 heterocycles. The molecular formula is C19H34O4. The number of hydrogen-bond acceptors (Lipinski definition) is 3. The lowest BCUT2D eigenvalue weighted by Gasteiger charge is -2.17. The lowest BCUT2D eigenvalue weighted by molar-refractivity contribution is -0.158. The Kier molecular flexibility index (Phi) is 10.8. The zero-order valence-electron chi connectivity index (χ0n) is 14.7. The summed E-state index contributed by atoms with van der Waals surface area (Å²) in [6.45, 7) is 1.95. The van der Waals surface area contributed by atoms with Gasteiger partial charge in [0.2, 0.25) is 0 Å². The predicted molar refractivity (Wildman–Crippen MR) is 91.3 cm³/mol. The van der Waals surface area contributed by atoms with Crippen LogP contribution in [-0.2, 0) is 14.3 Å². The third-order valence-electron chi connectivity index (χ3n) is 4.95. The van der Waals surface area contributed by atoms with Crippen LogP contribution in [0.3, 0.4) is 0 Å². The van der Waals surface area contributed by atoms with E-state index in [1.54, 1.807) is 6.92 Å². The Morgan fingerprint density at radius 3 is 2.00 bits per heavy atom. The lowest BCUT2D eigenvalue weighted by Crippen LogP contribution is -2.26. The van der Waals surface area contributed by atoms with Crippen LogP contribution < -0.4 is 0 Å². The van der Waals surface area contributed by atoms with E-state index in [1.807, 2.05) is 0 Å². The Balaban J connectivity index is 2.36. The van der Waals surface area contributed by atoms with Gasteiger partial charge in [-0.2, -0.15) is 0 Å². The first-order chi connectivity index (χ1) is 11.1. The van der Waals surface area contributed by atoms with Gasteiger partial charge >= 0.3 is 11.9 Å². The Morgan fingerprint density at radius 1 is 1.00 bits per heavy atom. The number of ether oxygens (including phenoxy) is 1. The molecule has 1 aliphatic carbocycles. The number of carboxylic acid groups (broad SMARTS) is 1. The minimum Gasteiger partial charge on any atom is -0.481 e. The maximum absolute atomic E-state index is 11.7. The number of carboxylic acids is 1. The van der Waals surface area contributed by atoms with Gasteiger partial charge in [0.05, 0.1) is 6.61 Å². The van der Waals surface area contributed by atoms with Crippen LogP contribution in [0.1, 0.15) is 90.4 Å². The van der Waals surface area contributed by atoms with Gasteiger partial charge in [-0.05, 0) is 19.3 Å². The summed E-state index contributed by atoms with van der Waals surface area (Å²) in [5.41, 5.74) is 0. The van der Waals surface area contributed by atoms with Crippen molar-refractivity contribution in [3.8, 4) is 0 Å². The van der Waals surface area contributed by atoms with Crippen LogP contribution >= 0.6 is 0 Å². The topological polar surface area (TPSA) is 63.6 Å². The molecule has 0 aromatic heterocycles. The molecule has 1 atom stereocenters. The van der Waals surface area contributed by atoms with E-state index in [0.717, 1.165) is 12.8 Å². The molecule has 1 aliphatic rings. The van der Waals surface area contributed by atoms with E-state index in [9.17, 15) is 14.7 Å².